The molecule has 0 spiro atoms. The number of aromatic nitrogens is 4. The first-order valence-corrected chi connectivity index (χ1v) is 14.2. The first-order chi connectivity index (χ1) is 22.0. The summed E-state index contributed by atoms with van der Waals surface area (Å²) in [5.41, 5.74) is 1.68. The van der Waals surface area contributed by atoms with E-state index in [4.69, 9.17) is 4.74 Å². The maximum absolute atomic E-state index is 14.4. The van der Waals surface area contributed by atoms with Gasteiger partial charge in [-0.15, -0.1) is 35.7 Å². The van der Waals surface area contributed by atoms with E-state index in [9.17, 15) is 22.0 Å². The number of nitrogens with zero attached hydrogens (tertiary/aromatic N) is 4. The Morgan fingerprint density at radius 1 is 0.745 bits per heavy atom. The number of hydrogen-bond acceptors (Lipinski definition) is 3. The largest absolute Gasteiger partial charge is 2.00 e. The van der Waals surface area contributed by atoms with E-state index in [1.165, 1.54) is 4.68 Å². The van der Waals surface area contributed by atoms with Gasteiger partial charge in [-0.1, -0.05) is 44.5 Å². The summed E-state index contributed by atoms with van der Waals surface area (Å²) >= 11 is 0. The second-order valence-electron chi connectivity index (χ2n) is 11.7. The molecule has 11 heteroatoms. The molecule has 238 valence electrons. The van der Waals surface area contributed by atoms with E-state index < -0.39 is 34.6 Å². The van der Waals surface area contributed by atoms with Gasteiger partial charge in [-0.3, -0.25) is 4.68 Å². The van der Waals surface area contributed by atoms with Gasteiger partial charge in [0.15, 0.2) is 23.3 Å². The van der Waals surface area contributed by atoms with E-state index in [1.54, 1.807) is 30.5 Å². The molecule has 0 aliphatic carbocycles. The smallest absolute Gasteiger partial charge is 0.509 e. The Balaban J connectivity index is 0.00000386. The van der Waals surface area contributed by atoms with Gasteiger partial charge in [-0.25, -0.2) is 26.9 Å². The van der Waals surface area contributed by atoms with Crippen molar-refractivity contribution in [3.8, 4) is 34.1 Å². The van der Waals surface area contributed by atoms with Gasteiger partial charge in [0.05, 0.1) is 11.8 Å². The van der Waals surface area contributed by atoms with Crippen LogP contribution in [0.3, 0.4) is 0 Å². The van der Waals surface area contributed by atoms with Gasteiger partial charge in [0.2, 0.25) is 5.82 Å². The van der Waals surface area contributed by atoms with Gasteiger partial charge in [0.1, 0.15) is 5.82 Å². The molecule has 47 heavy (non-hydrogen) atoms. The molecule has 0 fully saturated rings. The van der Waals surface area contributed by atoms with Gasteiger partial charge < -0.3 is 9.30 Å². The van der Waals surface area contributed by atoms with E-state index in [2.05, 4.69) is 49.1 Å². The van der Waals surface area contributed by atoms with Crippen LogP contribution in [-0.4, -0.2) is 19.3 Å². The number of para-hydroxylation sites is 1. The van der Waals surface area contributed by atoms with Crippen LogP contribution in [0.1, 0.15) is 26.3 Å². The van der Waals surface area contributed by atoms with Crippen molar-refractivity contribution in [3.05, 3.63) is 132 Å². The molecule has 7 aromatic rings. The normalized spacial score (nSPS) is 11.7. The molecule has 0 saturated carbocycles. The Morgan fingerprint density at radius 3 is 2.19 bits per heavy atom. The van der Waals surface area contributed by atoms with Crippen LogP contribution in [0.2, 0.25) is 0 Å². The fraction of sp³-hybridized carbons (Fsp3) is 0.111. The molecule has 7 rings (SSSR count). The minimum Gasteiger partial charge on any atom is -0.509 e. The predicted molar refractivity (Wildman–Crippen MR) is 164 cm³/mol. The fourth-order valence-corrected chi connectivity index (χ4v) is 5.37. The third-order valence-electron chi connectivity index (χ3n) is 7.70. The van der Waals surface area contributed by atoms with E-state index in [0.717, 1.165) is 45.6 Å². The molecule has 0 N–H and O–H groups in total. The molecule has 4 aromatic carbocycles. The van der Waals surface area contributed by atoms with E-state index in [1.807, 2.05) is 41.0 Å². The number of benzene rings is 4. The summed E-state index contributed by atoms with van der Waals surface area (Å²) in [5, 5.41) is 6.04. The van der Waals surface area contributed by atoms with Crippen molar-refractivity contribution in [2.45, 2.75) is 26.2 Å². The van der Waals surface area contributed by atoms with Crippen LogP contribution < -0.4 is 4.74 Å². The zero-order chi connectivity index (χ0) is 32.3. The van der Waals surface area contributed by atoms with Crippen molar-refractivity contribution in [2.24, 2.45) is 0 Å². The fourth-order valence-electron chi connectivity index (χ4n) is 5.37. The van der Waals surface area contributed by atoms with Crippen molar-refractivity contribution in [2.75, 3.05) is 0 Å². The quantitative estimate of drug-likeness (QED) is 0.0753. The SMILES string of the molecule is CC(C)(C)c1ccnc(-n2c3[c-]c(Oc4[c-]c(-n5cc(-c6c(F)c(F)c(F)c(F)c6F)cn5)ccc4)ccc3c3ccccc32)c1.[Pt+2]. The summed E-state index contributed by atoms with van der Waals surface area (Å²) in [4.78, 5) is 4.68. The number of ether oxygens (including phenoxy) is 1. The summed E-state index contributed by atoms with van der Waals surface area (Å²) in [6.45, 7) is 6.43. The van der Waals surface area contributed by atoms with Crippen molar-refractivity contribution < 1.29 is 47.8 Å². The monoisotopic (exact) mass is 817 g/mol. The summed E-state index contributed by atoms with van der Waals surface area (Å²) in [6.07, 6.45) is 3.94. The second-order valence-corrected chi connectivity index (χ2v) is 11.7. The van der Waals surface area contributed by atoms with Crippen LogP contribution in [0.4, 0.5) is 22.0 Å². The Hall–Kier alpha value is -4.82. The van der Waals surface area contributed by atoms with Gasteiger partial charge >= 0.3 is 21.1 Å². The van der Waals surface area contributed by atoms with Crippen LogP contribution >= 0.6 is 0 Å². The number of rotatable bonds is 5. The van der Waals surface area contributed by atoms with Crippen LogP contribution in [0.15, 0.2) is 85.3 Å². The van der Waals surface area contributed by atoms with E-state index in [-0.39, 0.29) is 37.8 Å². The van der Waals surface area contributed by atoms with Gasteiger partial charge in [0, 0.05) is 35.0 Å². The predicted octanol–water partition coefficient (Wildman–Crippen LogP) is 9.41. The molecule has 0 radical (unpaired) electrons. The molecule has 5 nitrogen and oxygen atoms in total. The molecule has 3 aromatic heterocycles. The Bertz CT molecular complexity index is 2280. The molecule has 0 atom stereocenters. The van der Waals surface area contributed by atoms with Gasteiger partial charge in [-0.2, -0.15) is 17.2 Å². The van der Waals surface area contributed by atoms with Gasteiger partial charge in [-0.05, 0) is 40.3 Å². The molecule has 0 aliphatic rings. The standard InChI is InChI=1S/C36H23F5N4O.Pt/c1-36(2,3)21-13-14-42-29(15-21)45-27-10-5-4-9-25(27)26-12-11-24(17-28(26)45)46-23-8-6-7-22(16-23)44-19-20(18-43-44)30-31(37)33(39)35(41)34(40)32(30)38;/h4-15,18-19H,1-3H3;/q-2;+2. The minimum atomic E-state index is -2.23. The molecule has 0 saturated heterocycles. The number of hydrogen-bond donors (Lipinski definition) is 0. The van der Waals surface area contributed by atoms with Crippen molar-refractivity contribution >= 4 is 21.8 Å². The summed E-state index contributed by atoms with van der Waals surface area (Å²) in [6, 6.07) is 27.1. The van der Waals surface area contributed by atoms with Crippen LogP contribution in [0.5, 0.6) is 11.5 Å². The number of fused-ring (bicyclic) bond motifs is 3. The second kappa shape index (κ2) is 12.1. The van der Waals surface area contributed by atoms with E-state index >= 15 is 0 Å². The average Bonchev–Trinajstić information content (AvgIpc) is 3.66. The molecule has 0 amide bonds. The zero-order valence-corrected chi connectivity index (χ0v) is 27.3. The zero-order valence-electron chi connectivity index (χ0n) is 25.0. The molecular formula is C36H23F5N4OPt. The van der Waals surface area contributed by atoms with Crippen molar-refractivity contribution in [1.82, 2.24) is 19.3 Å². The van der Waals surface area contributed by atoms with Gasteiger partial charge in [0.25, 0.3) is 0 Å². The first kappa shape index (κ1) is 32.1. The van der Waals surface area contributed by atoms with Crippen molar-refractivity contribution in [1.29, 1.82) is 0 Å². The molecular weight excluding hydrogens is 794 g/mol. The topological polar surface area (TPSA) is 44.9 Å². The Labute approximate surface area is 280 Å². The van der Waals surface area contributed by atoms with Crippen LogP contribution in [-0.2, 0) is 26.5 Å². The molecule has 3 heterocycles. The van der Waals surface area contributed by atoms with Crippen LogP contribution in [0, 0.1) is 41.2 Å². The number of pyridine rings is 1. The van der Waals surface area contributed by atoms with E-state index in [0.29, 0.717) is 11.4 Å². The number of halogens is 5. The molecule has 0 aliphatic heterocycles. The average molecular weight is 818 g/mol. The molecule has 0 unspecified atom stereocenters. The Morgan fingerprint density at radius 2 is 1.45 bits per heavy atom. The summed E-state index contributed by atoms with van der Waals surface area (Å²) in [5.74, 6) is -8.78. The third-order valence-corrected chi connectivity index (χ3v) is 7.70. The summed E-state index contributed by atoms with van der Waals surface area (Å²) < 4.78 is 79.3. The first-order valence-electron chi connectivity index (χ1n) is 14.2. The summed E-state index contributed by atoms with van der Waals surface area (Å²) in [7, 11) is 0. The third kappa shape index (κ3) is 5.61. The van der Waals surface area contributed by atoms with Crippen molar-refractivity contribution in [3.63, 3.8) is 0 Å². The van der Waals surface area contributed by atoms with Crippen LogP contribution in [0.25, 0.3) is 44.4 Å². The molecule has 0 bridgehead atoms. The minimum absolute atomic E-state index is 0. The maximum atomic E-state index is 14.4. The Kier molecular flexibility index (Phi) is 8.26. The maximum Gasteiger partial charge on any atom is 2.00 e.